The van der Waals surface area contributed by atoms with Gasteiger partial charge in [-0.3, -0.25) is 4.79 Å². The predicted octanol–water partition coefficient (Wildman–Crippen LogP) is 2.79. The maximum absolute atomic E-state index is 11.8. The number of hydrazone groups is 1. The molecule has 1 aromatic heterocycles. The number of nitrogens with zero attached hydrogens (tertiary/aromatic N) is 1. The third kappa shape index (κ3) is 3.39. The molecule has 0 saturated heterocycles. The minimum atomic E-state index is -0.362. The van der Waals surface area contributed by atoms with Crippen LogP contribution in [0.1, 0.15) is 27.2 Å². The van der Waals surface area contributed by atoms with Crippen LogP contribution in [-0.4, -0.2) is 17.2 Å². The molecule has 1 heterocycles. The predicted molar refractivity (Wildman–Crippen MR) is 80.5 cm³/mol. The van der Waals surface area contributed by atoms with E-state index in [-0.39, 0.29) is 11.7 Å². The second-order valence-corrected chi connectivity index (χ2v) is 4.44. The number of furan rings is 1. The van der Waals surface area contributed by atoms with Gasteiger partial charge in [0.2, 0.25) is 0 Å². The van der Waals surface area contributed by atoms with Gasteiger partial charge in [0.05, 0.1) is 18.0 Å². The molecule has 0 radical (unpaired) electrons. The molecule has 0 unspecified atom stereocenters. The summed E-state index contributed by atoms with van der Waals surface area (Å²) in [4.78, 5) is 11.8. The summed E-state index contributed by atoms with van der Waals surface area (Å²) in [5.74, 6) is 0.299. The molecular weight excluding hydrogens is 268 g/mol. The first kappa shape index (κ1) is 14.6. The molecule has 5 nitrogen and oxygen atoms in total. The Morgan fingerprint density at radius 1 is 1.48 bits per heavy atom. The van der Waals surface area contributed by atoms with Gasteiger partial charge in [-0.2, -0.15) is 5.10 Å². The monoisotopic (exact) mass is 284 g/mol. The van der Waals surface area contributed by atoms with Crippen molar-refractivity contribution in [1.29, 1.82) is 0 Å². The zero-order valence-corrected chi connectivity index (χ0v) is 11.7. The van der Waals surface area contributed by atoms with Crippen LogP contribution < -0.4 is 5.43 Å². The lowest BCUT2D eigenvalue weighted by Gasteiger charge is -2.04. The minimum Gasteiger partial charge on any atom is -0.507 e. The second-order valence-electron chi connectivity index (χ2n) is 4.44. The van der Waals surface area contributed by atoms with Crippen molar-refractivity contribution in [1.82, 2.24) is 5.43 Å². The lowest BCUT2D eigenvalue weighted by molar-refractivity contribution is 0.0953. The standard InChI is InChI=1S/C16H16N2O3/c1-3-5-12-6-4-7-13(15(12)19)10-17-18-16(20)14-8-9-21-11(14)2/h3-4,6-10,19H,1,5H2,2H3,(H,18,20). The average molecular weight is 284 g/mol. The Morgan fingerprint density at radius 3 is 2.95 bits per heavy atom. The quantitative estimate of drug-likeness (QED) is 0.503. The van der Waals surface area contributed by atoms with Crippen molar-refractivity contribution >= 4 is 12.1 Å². The summed E-state index contributed by atoms with van der Waals surface area (Å²) >= 11 is 0. The van der Waals surface area contributed by atoms with E-state index in [1.54, 1.807) is 25.1 Å². The maximum atomic E-state index is 11.8. The van der Waals surface area contributed by atoms with E-state index in [4.69, 9.17) is 4.42 Å². The van der Waals surface area contributed by atoms with Crippen molar-refractivity contribution < 1.29 is 14.3 Å². The molecule has 0 fully saturated rings. The summed E-state index contributed by atoms with van der Waals surface area (Å²) in [5.41, 5.74) is 4.10. The van der Waals surface area contributed by atoms with E-state index >= 15 is 0 Å². The number of hydrogen-bond acceptors (Lipinski definition) is 4. The van der Waals surface area contributed by atoms with Gasteiger partial charge in [0.1, 0.15) is 11.5 Å². The summed E-state index contributed by atoms with van der Waals surface area (Å²) in [6, 6.07) is 6.90. The van der Waals surface area contributed by atoms with Crippen molar-refractivity contribution in [3.8, 4) is 5.75 Å². The van der Waals surface area contributed by atoms with Crippen LogP contribution in [0.15, 0.2) is 52.7 Å². The Hall–Kier alpha value is -2.82. The first-order valence-corrected chi connectivity index (χ1v) is 6.42. The normalized spacial score (nSPS) is 10.7. The number of aromatic hydroxyl groups is 1. The lowest BCUT2D eigenvalue weighted by Crippen LogP contribution is -2.17. The van der Waals surface area contributed by atoms with Crippen LogP contribution in [0.3, 0.4) is 0 Å². The van der Waals surface area contributed by atoms with E-state index in [2.05, 4.69) is 17.1 Å². The van der Waals surface area contributed by atoms with Crippen LogP contribution in [0.2, 0.25) is 0 Å². The zero-order chi connectivity index (χ0) is 15.2. The molecule has 0 aliphatic heterocycles. The molecule has 21 heavy (non-hydrogen) atoms. The van der Waals surface area contributed by atoms with E-state index < -0.39 is 0 Å². The minimum absolute atomic E-state index is 0.134. The lowest BCUT2D eigenvalue weighted by atomic mass is 10.1. The number of rotatable bonds is 5. The number of allylic oxidation sites excluding steroid dienone is 1. The van der Waals surface area contributed by atoms with Crippen molar-refractivity contribution in [3.63, 3.8) is 0 Å². The molecule has 0 aliphatic rings. The Kier molecular flexibility index (Phi) is 4.56. The summed E-state index contributed by atoms with van der Waals surface area (Å²) in [6.07, 6.45) is 5.11. The molecule has 2 rings (SSSR count). The molecule has 0 aliphatic carbocycles. The highest BCUT2D eigenvalue weighted by atomic mass is 16.3. The van der Waals surface area contributed by atoms with E-state index in [0.717, 1.165) is 5.56 Å². The van der Waals surface area contributed by atoms with Crippen molar-refractivity contribution in [3.05, 3.63) is 65.6 Å². The molecule has 2 aromatic rings. The van der Waals surface area contributed by atoms with Crippen LogP contribution in [0.5, 0.6) is 5.75 Å². The number of phenols is 1. The summed E-state index contributed by atoms with van der Waals surface area (Å²) < 4.78 is 5.05. The van der Waals surface area contributed by atoms with Gasteiger partial charge in [-0.15, -0.1) is 6.58 Å². The van der Waals surface area contributed by atoms with Gasteiger partial charge in [0.15, 0.2) is 0 Å². The molecule has 0 bridgehead atoms. The molecule has 0 spiro atoms. The first-order valence-electron chi connectivity index (χ1n) is 6.42. The number of nitrogens with one attached hydrogen (secondary N) is 1. The number of para-hydroxylation sites is 1. The van der Waals surface area contributed by atoms with Gasteiger partial charge in [-0.05, 0) is 31.0 Å². The molecular formula is C16H16N2O3. The van der Waals surface area contributed by atoms with Crippen molar-refractivity contribution in [2.45, 2.75) is 13.3 Å². The fraction of sp³-hybridized carbons (Fsp3) is 0.125. The van der Waals surface area contributed by atoms with Crippen LogP contribution in [0, 0.1) is 6.92 Å². The summed E-state index contributed by atoms with van der Waals surface area (Å²) in [5, 5.41) is 13.9. The molecule has 0 atom stereocenters. The molecule has 2 N–H and O–H groups in total. The second kappa shape index (κ2) is 6.56. The topological polar surface area (TPSA) is 74.8 Å². The number of hydrogen-bond donors (Lipinski definition) is 2. The van der Waals surface area contributed by atoms with Crippen LogP contribution >= 0.6 is 0 Å². The molecule has 5 heteroatoms. The van der Waals surface area contributed by atoms with Gasteiger partial charge in [-0.1, -0.05) is 18.2 Å². The number of benzene rings is 1. The van der Waals surface area contributed by atoms with Crippen molar-refractivity contribution in [2.24, 2.45) is 5.10 Å². The van der Waals surface area contributed by atoms with Gasteiger partial charge in [0.25, 0.3) is 5.91 Å². The third-order valence-corrected chi connectivity index (χ3v) is 2.99. The molecule has 1 amide bonds. The van der Waals surface area contributed by atoms with Crippen molar-refractivity contribution in [2.75, 3.05) is 0 Å². The number of amides is 1. The van der Waals surface area contributed by atoms with Crippen LogP contribution in [-0.2, 0) is 6.42 Å². The van der Waals surface area contributed by atoms with Gasteiger partial charge < -0.3 is 9.52 Å². The van der Waals surface area contributed by atoms with E-state index in [1.165, 1.54) is 12.5 Å². The Balaban J connectivity index is 2.08. The molecule has 108 valence electrons. The number of carbonyl (C=O) groups excluding carboxylic acids is 1. The van der Waals surface area contributed by atoms with Crippen LogP contribution in [0.25, 0.3) is 0 Å². The number of carbonyl (C=O) groups is 1. The smallest absolute Gasteiger partial charge is 0.274 e. The van der Waals surface area contributed by atoms with E-state index in [9.17, 15) is 9.90 Å². The fourth-order valence-corrected chi connectivity index (χ4v) is 1.88. The third-order valence-electron chi connectivity index (χ3n) is 2.99. The van der Waals surface area contributed by atoms with Gasteiger partial charge >= 0.3 is 0 Å². The highest BCUT2D eigenvalue weighted by Gasteiger charge is 2.10. The zero-order valence-electron chi connectivity index (χ0n) is 11.7. The Bertz CT molecular complexity index is 687. The van der Waals surface area contributed by atoms with E-state index in [0.29, 0.717) is 23.3 Å². The Labute approximate surface area is 122 Å². The summed E-state index contributed by atoms with van der Waals surface area (Å²) in [6.45, 7) is 5.34. The summed E-state index contributed by atoms with van der Waals surface area (Å²) in [7, 11) is 0. The fourth-order valence-electron chi connectivity index (χ4n) is 1.88. The molecule has 1 aromatic carbocycles. The van der Waals surface area contributed by atoms with Crippen LogP contribution in [0.4, 0.5) is 0 Å². The van der Waals surface area contributed by atoms with E-state index in [1.807, 2.05) is 12.1 Å². The largest absolute Gasteiger partial charge is 0.507 e. The highest BCUT2D eigenvalue weighted by Crippen LogP contribution is 2.21. The Morgan fingerprint density at radius 2 is 2.29 bits per heavy atom. The average Bonchev–Trinajstić information content (AvgIpc) is 2.89. The maximum Gasteiger partial charge on any atom is 0.274 e. The first-order chi connectivity index (χ1) is 10.1. The van der Waals surface area contributed by atoms with Gasteiger partial charge in [0, 0.05) is 5.56 Å². The van der Waals surface area contributed by atoms with Gasteiger partial charge in [-0.25, -0.2) is 5.43 Å². The SMILES string of the molecule is C=CCc1cccc(C=NNC(=O)c2ccoc2C)c1O. The highest BCUT2D eigenvalue weighted by molar-refractivity contribution is 5.95. The number of aryl methyl sites for hydroxylation is 1. The number of phenolic OH excluding ortho intramolecular Hbond substituents is 1. The molecule has 0 saturated carbocycles.